The van der Waals surface area contributed by atoms with E-state index in [1.807, 2.05) is 0 Å². The number of nitrogens with one attached hydrogen (secondary N) is 1. The molecule has 1 heterocycles. The molecule has 1 aliphatic heterocycles. The maximum absolute atomic E-state index is 11.8. The molecule has 1 saturated heterocycles. The fourth-order valence-corrected chi connectivity index (χ4v) is 2.75. The highest BCUT2D eigenvalue weighted by Crippen LogP contribution is 2.00. The first-order valence-electron chi connectivity index (χ1n) is 5.92. The average Bonchev–Trinajstić information content (AvgIpc) is 2.34. The average molecular weight is 265 g/mol. The van der Waals surface area contributed by atoms with Gasteiger partial charge in [0.2, 0.25) is 10.0 Å². The van der Waals surface area contributed by atoms with Crippen molar-refractivity contribution in [3.05, 3.63) is 0 Å². The SMILES string of the molecule is COCCS(=O)(=O)N(C)CCN1CCNCC1. The highest BCUT2D eigenvalue weighted by atomic mass is 32.2. The summed E-state index contributed by atoms with van der Waals surface area (Å²) in [5.74, 6) is 0.0571. The Balaban J connectivity index is 2.29. The molecule has 1 rings (SSSR count). The third-order valence-electron chi connectivity index (χ3n) is 2.96. The summed E-state index contributed by atoms with van der Waals surface area (Å²) < 4.78 is 29.8. The van der Waals surface area contributed by atoms with Gasteiger partial charge in [0.1, 0.15) is 0 Å². The lowest BCUT2D eigenvalue weighted by Gasteiger charge is -2.28. The topological polar surface area (TPSA) is 61.9 Å². The lowest BCUT2D eigenvalue weighted by Crippen LogP contribution is -2.46. The standard InChI is InChI=1S/C10H23N3O3S/c1-12(17(14,15)10-9-16-2)7-8-13-5-3-11-4-6-13/h11H,3-10H2,1-2H3. The van der Waals surface area contributed by atoms with Gasteiger partial charge in [-0.1, -0.05) is 0 Å². The zero-order valence-corrected chi connectivity index (χ0v) is 11.5. The molecule has 0 amide bonds. The number of sulfonamides is 1. The maximum Gasteiger partial charge on any atom is 0.216 e. The van der Waals surface area contributed by atoms with Crippen molar-refractivity contribution in [2.24, 2.45) is 0 Å². The summed E-state index contributed by atoms with van der Waals surface area (Å²) in [6.45, 7) is 5.55. The molecule has 0 aromatic rings. The Morgan fingerprint density at radius 1 is 1.35 bits per heavy atom. The predicted molar refractivity (Wildman–Crippen MR) is 67.6 cm³/mol. The van der Waals surface area contributed by atoms with Gasteiger partial charge in [-0.3, -0.25) is 4.90 Å². The molecule has 0 aromatic carbocycles. The van der Waals surface area contributed by atoms with Crippen LogP contribution in [0.2, 0.25) is 0 Å². The van der Waals surface area contributed by atoms with E-state index in [0.717, 1.165) is 32.7 Å². The van der Waals surface area contributed by atoms with Crippen LogP contribution in [-0.4, -0.2) is 83.4 Å². The van der Waals surface area contributed by atoms with Gasteiger partial charge in [0.25, 0.3) is 0 Å². The highest BCUT2D eigenvalue weighted by molar-refractivity contribution is 7.89. The van der Waals surface area contributed by atoms with Crippen molar-refractivity contribution in [1.29, 1.82) is 0 Å². The second-order valence-electron chi connectivity index (χ2n) is 4.22. The summed E-state index contributed by atoms with van der Waals surface area (Å²) in [5, 5.41) is 3.27. The molecular formula is C10H23N3O3S. The summed E-state index contributed by atoms with van der Waals surface area (Å²) in [5.41, 5.74) is 0. The molecule has 0 radical (unpaired) electrons. The van der Waals surface area contributed by atoms with Crippen LogP contribution in [0.15, 0.2) is 0 Å². The van der Waals surface area contributed by atoms with Gasteiger partial charge in [-0.05, 0) is 0 Å². The normalized spacial score (nSPS) is 18.8. The van der Waals surface area contributed by atoms with E-state index < -0.39 is 10.0 Å². The Bertz CT molecular complexity index is 302. The van der Waals surface area contributed by atoms with Crippen molar-refractivity contribution < 1.29 is 13.2 Å². The predicted octanol–water partition coefficient (Wildman–Crippen LogP) is -1.20. The third-order valence-corrected chi connectivity index (χ3v) is 4.78. The van der Waals surface area contributed by atoms with Crippen LogP contribution >= 0.6 is 0 Å². The van der Waals surface area contributed by atoms with Crippen molar-refractivity contribution in [2.75, 3.05) is 65.8 Å². The van der Waals surface area contributed by atoms with E-state index in [2.05, 4.69) is 10.2 Å². The van der Waals surface area contributed by atoms with Crippen LogP contribution in [-0.2, 0) is 14.8 Å². The Labute approximate surface area is 104 Å². The first kappa shape index (κ1) is 14.8. The number of hydrogen-bond donors (Lipinski definition) is 1. The van der Waals surface area contributed by atoms with Gasteiger partial charge in [0.05, 0.1) is 12.4 Å². The number of methoxy groups -OCH3 is 1. The molecule has 1 fully saturated rings. The van der Waals surface area contributed by atoms with Gasteiger partial charge < -0.3 is 10.1 Å². The molecule has 102 valence electrons. The van der Waals surface area contributed by atoms with Crippen molar-refractivity contribution in [3.8, 4) is 0 Å². The molecule has 0 spiro atoms. The van der Waals surface area contributed by atoms with Gasteiger partial charge in [-0.15, -0.1) is 0 Å². The summed E-state index contributed by atoms with van der Waals surface area (Å²) in [6.07, 6.45) is 0. The molecule has 7 heteroatoms. The van der Waals surface area contributed by atoms with Gasteiger partial charge >= 0.3 is 0 Å². The molecule has 1 aliphatic rings. The fraction of sp³-hybridized carbons (Fsp3) is 1.00. The van der Waals surface area contributed by atoms with E-state index >= 15 is 0 Å². The Morgan fingerprint density at radius 3 is 2.59 bits per heavy atom. The molecule has 0 atom stereocenters. The Hall–Kier alpha value is -0.210. The molecular weight excluding hydrogens is 242 g/mol. The zero-order chi connectivity index (χ0) is 12.7. The van der Waals surface area contributed by atoms with E-state index in [1.165, 1.54) is 11.4 Å². The number of ether oxygens (including phenoxy) is 1. The number of rotatable bonds is 7. The summed E-state index contributed by atoms with van der Waals surface area (Å²) in [6, 6.07) is 0. The molecule has 0 bridgehead atoms. The van der Waals surface area contributed by atoms with Crippen LogP contribution in [0.3, 0.4) is 0 Å². The van der Waals surface area contributed by atoms with Crippen molar-refractivity contribution in [1.82, 2.24) is 14.5 Å². The molecule has 0 aliphatic carbocycles. The monoisotopic (exact) mass is 265 g/mol. The van der Waals surface area contributed by atoms with Crippen LogP contribution in [0.4, 0.5) is 0 Å². The minimum Gasteiger partial charge on any atom is -0.384 e. The van der Waals surface area contributed by atoms with E-state index in [1.54, 1.807) is 7.05 Å². The third kappa shape index (κ3) is 5.31. The van der Waals surface area contributed by atoms with Crippen molar-refractivity contribution in [3.63, 3.8) is 0 Å². The van der Waals surface area contributed by atoms with Crippen LogP contribution < -0.4 is 5.32 Å². The minimum atomic E-state index is -3.16. The lowest BCUT2D eigenvalue weighted by atomic mass is 10.3. The summed E-state index contributed by atoms with van der Waals surface area (Å²) in [4.78, 5) is 2.28. The van der Waals surface area contributed by atoms with Crippen LogP contribution in [0.1, 0.15) is 0 Å². The Morgan fingerprint density at radius 2 is 2.00 bits per heavy atom. The maximum atomic E-state index is 11.8. The van der Waals surface area contributed by atoms with Crippen LogP contribution in [0, 0.1) is 0 Å². The molecule has 0 aromatic heterocycles. The molecule has 17 heavy (non-hydrogen) atoms. The van der Waals surface area contributed by atoms with E-state index in [0.29, 0.717) is 6.54 Å². The van der Waals surface area contributed by atoms with E-state index in [9.17, 15) is 8.42 Å². The number of likely N-dealkylation sites (N-methyl/N-ethyl adjacent to an activating group) is 1. The van der Waals surface area contributed by atoms with Gasteiger partial charge in [-0.2, -0.15) is 0 Å². The molecule has 0 saturated carbocycles. The second kappa shape index (κ2) is 7.27. The second-order valence-corrected chi connectivity index (χ2v) is 6.42. The first-order chi connectivity index (χ1) is 8.06. The first-order valence-corrected chi connectivity index (χ1v) is 7.53. The largest absolute Gasteiger partial charge is 0.384 e. The number of nitrogens with zero attached hydrogens (tertiary/aromatic N) is 2. The quantitative estimate of drug-likeness (QED) is 0.626. The highest BCUT2D eigenvalue weighted by Gasteiger charge is 2.18. The Kier molecular flexibility index (Phi) is 6.35. The lowest BCUT2D eigenvalue weighted by molar-refractivity contribution is 0.213. The van der Waals surface area contributed by atoms with E-state index in [-0.39, 0.29) is 12.4 Å². The van der Waals surface area contributed by atoms with Gasteiger partial charge in [0, 0.05) is 53.4 Å². The molecule has 0 unspecified atom stereocenters. The van der Waals surface area contributed by atoms with Gasteiger partial charge in [-0.25, -0.2) is 12.7 Å². The molecule has 1 N–H and O–H groups in total. The fourth-order valence-electron chi connectivity index (χ4n) is 1.70. The summed E-state index contributed by atoms with van der Waals surface area (Å²) >= 11 is 0. The van der Waals surface area contributed by atoms with Crippen molar-refractivity contribution in [2.45, 2.75) is 0 Å². The van der Waals surface area contributed by atoms with Crippen molar-refractivity contribution >= 4 is 10.0 Å². The number of hydrogen-bond acceptors (Lipinski definition) is 5. The van der Waals surface area contributed by atoms with Gasteiger partial charge in [0.15, 0.2) is 0 Å². The van der Waals surface area contributed by atoms with Crippen LogP contribution in [0.5, 0.6) is 0 Å². The number of piperazine rings is 1. The summed E-state index contributed by atoms with van der Waals surface area (Å²) in [7, 11) is -0.0149. The molecule has 6 nitrogen and oxygen atoms in total. The van der Waals surface area contributed by atoms with Crippen LogP contribution in [0.25, 0.3) is 0 Å². The zero-order valence-electron chi connectivity index (χ0n) is 10.7. The van der Waals surface area contributed by atoms with E-state index in [4.69, 9.17) is 4.74 Å². The minimum absolute atomic E-state index is 0.0571. The smallest absolute Gasteiger partial charge is 0.216 e.